The summed E-state index contributed by atoms with van der Waals surface area (Å²) in [7, 11) is 0. The average molecular weight is 1180 g/mol. The number of amides is 1. The first kappa shape index (κ1) is 79.3. The first-order chi connectivity index (χ1) is 40.7. The molecule has 1 rings (SSSR count). The highest BCUT2D eigenvalue weighted by molar-refractivity contribution is 5.80. The van der Waals surface area contributed by atoms with Gasteiger partial charge in [0.1, 0.15) is 36.6 Å². The van der Waals surface area contributed by atoms with Gasteiger partial charge in [-0.1, -0.05) is 320 Å². The van der Waals surface area contributed by atoms with Crippen molar-refractivity contribution >= 4 is 5.91 Å². The van der Waals surface area contributed by atoms with Crippen molar-refractivity contribution in [1.82, 2.24) is 5.32 Å². The molecule has 1 aliphatic rings. The van der Waals surface area contributed by atoms with Crippen molar-refractivity contribution in [2.75, 3.05) is 13.2 Å². The maximum Gasteiger partial charge on any atom is 0.249 e. The van der Waals surface area contributed by atoms with Gasteiger partial charge in [0.05, 0.1) is 25.4 Å². The van der Waals surface area contributed by atoms with Gasteiger partial charge in [0.15, 0.2) is 6.29 Å². The molecule has 0 aromatic carbocycles. The number of carbonyl (C=O) groups excluding carboxylic acids is 1. The van der Waals surface area contributed by atoms with Crippen LogP contribution < -0.4 is 5.32 Å². The van der Waals surface area contributed by atoms with Crippen molar-refractivity contribution in [2.24, 2.45) is 0 Å². The van der Waals surface area contributed by atoms with Crippen molar-refractivity contribution in [3.63, 3.8) is 0 Å². The van der Waals surface area contributed by atoms with E-state index < -0.39 is 74.2 Å². The highest BCUT2D eigenvalue weighted by Gasteiger charge is 2.44. The van der Waals surface area contributed by atoms with Crippen molar-refractivity contribution in [3.05, 3.63) is 36.5 Å². The second-order valence-electron chi connectivity index (χ2n) is 25.3. The molecule has 8 N–H and O–H groups in total. The van der Waals surface area contributed by atoms with E-state index in [1.807, 2.05) is 0 Å². The van der Waals surface area contributed by atoms with Crippen molar-refractivity contribution in [2.45, 2.75) is 403 Å². The van der Waals surface area contributed by atoms with Gasteiger partial charge in [-0.3, -0.25) is 4.79 Å². The van der Waals surface area contributed by atoms with Crippen LogP contribution in [0.3, 0.4) is 0 Å². The fourth-order valence-corrected chi connectivity index (χ4v) is 11.7. The Morgan fingerprint density at radius 2 is 0.723 bits per heavy atom. The van der Waals surface area contributed by atoms with E-state index in [1.165, 1.54) is 257 Å². The first-order valence-corrected chi connectivity index (χ1v) is 35.9. The largest absolute Gasteiger partial charge is 0.394 e. The quantitative estimate of drug-likeness (QED) is 0.0215. The van der Waals surface area contributed by atoms with Crippen LogP contribution in [0, 0.1) is 0 Å². The molecule has 11 nitrogen and oxygen atoms in total. The molecular weight excluding hydrogens is 1040 g/mol. The molecule has 1 fully saturated rings. The van der Waals surface area contributed by atoms with Crippen molar-refractivity contribution in [3.8, 4) is 0 Å². The van der Waals surface area contributed by atoms with Crippen LogP contribution >= 0.6 is 0 Å². The molecule has 9 atom stereocenters. The fraction of sp³-hybridized carbons (Fsp3) is 0.903. The summed E-state index contributed by atoms with van der Waals surface area (Å²) >= 11 is 0. The summed E-state index contributed by atoms with van der Waals surface area (Å²) < 4.78 is 11.2. The van der Waals surface area contributed by atoms with E-state index in [9.17, 15) is 40.5 Å². The molecular formula is C72H137NO10. The number of ether oxygens (including phenoxy) is 2. The summed E-state index contributed by atoms with van der Waals surface area (Å²) in [5.41, 5.74) is 0. The number of hydrogen-bond donors (Lipinski definition) is 8. The van der Waals surface area contributed by atoms with E-state index in [2.05, 4.69) is 55.6 Å². The summed E-state index contributed by atoms with van der Waals surface area (Å²) in [6, 6.07) is -1.19. The van der Waals surface area contributed by atoms with E-state index >= 15 is 0 Å². The molecule has 0 aliphatic carbocycles. The predicted octanol–water partition coefficient (Wildman–Crippen LogP) is 17.4. The van der Waals surface area contributed by atoms with Crippen molar-refractivity contribution < 1.29 is 50.0 Å². The van der Waals surface area contributed by atoms with Gasteiger partial charge >= 0.3 is 0 Å². The second kappa shape index (κ2) is 60.6. The predicted molar refractivity (Wildman–Crippen MR) is 349 cm³/mol. The standard InChI is InChI=1S/C72H137NO10/c1-3-5-7-9-11-13-15-17-19-21-23-25-27-29-30-31-32-33-34-35-36-38-40-42-44-46-48-50-52-54-56-58-60-65(76)71(81)73-63(62-82-72-70(80)69(79)68(78)66(61-74)83-72)67(77)64(75)59-57-55-53-51-49-47-45-43-41-39-37-28-26-24-22-20-18-16-14-12-10-8-6-4-2/h28,37,43,45,51,53,63-70,72,74-80H,3-27,29-36,38-42,44,46-50,52,54-62H2,1-2H3,(H,73,81)/b37-28+,45-43+,53-51+. The SMILES string of the molecule is CCCCCCCCCCCCC/C=C/CC/C=C/CC/C=C/CCCC(O)C(O)C(COC1OC(CO)C(O)C(O)C1O)NC(=O)C(O)CCCCCCCCCCCCCCCCCCCCCCCCCCCCCCCCCC. The third kappa shape index (κ3) is 48.0. The van der Waals surface area contributed by atoms with E-state index in [4.69, 9.17) is 9.47 Å². The maximum atomic E-state index is 13.3. The Balaban J connectivity index is 2.20. The highest BCUT2D eigenvalue weighted by Crippen LogP contribution is 2.24. The zero-order chi connectivity index (χ0) is 60.3. The molecule has 0 bridgehead atoms. The topological polar surface area (TPSA) is 189 Å². The fourth-order valence-electron chi connectivity index (χ4n) is 11.7. The Morgan fingerprint density at radius 1 is 0.410 bits per heavy atom. The number of hydrogen-bond acceptors (Lipinski definition) is 10. The lowest BCUT2D eigenvalue weighted by Gasteiger charge is -2.40. The van der Waals surface area contributed by atoms with Crippen molar-refractivity contribution in [1.29, 1.82) is 0 Å². The first-order valence-electron chi connectivity index (χ1n) is 35.9. The molecule has 0 radical (unpaired) electrons. The lowest BCUT2D eigenvalue weighted by molar-refractivity contribution is -0.303. The Morgan fingerprint density at radius 3 is 1.07 bits per heavy atom. The van der Waals surface area contributed by atoms with E-state index in [-0.39, 0.29) is 12.8 Å². The normalized spacial score (nSPS) is 19.2. The number of carbonyl (C=O) groups is 1. The van der Waals surface area contributed by atoms with Gasteiger partial charge in [0.2, 0.25) is 5.91 Å². The summed E-state index contributed by atoms with van der Waals surface area (Å²) in [5, 5.41) is 76.5. The van der Waals surface area contributed by atoms with E-state index in [1.54, 1.807) is 0 Å². The monoisotopic (exact) mass is 1180 g/mol. The minimum Gasteiger partial charge on any atom is -0.394 e. The molecule has 1 aliphatic heterocycles. The van der Waals surface area contributed by atoms with Crippen LogP contribution in [-0.2, 0) is 14.3 Å². The van der Waals surface area contributed by atoms with Crippen LogP contribution in [0.15, 0.2) is 36.5 Å². The average Bonchev–Trinajstić information content (AvgIpc) is 3.65. The van der Waals surface area contributed by atoms with Crippen LogP contribution in [0.1, 0.15) is 348 Å². The van der Waals surface area contributed by atoms with Gasteiger partial charge in [0.25, 0.3) is 0 Å². The van der Waals surface area contributed by atoms with E-state index in [0.717, 1.165) is 44.9 Å². The molecule has 83 heavy (non-hydrogen) atoms. The molecule has 0 aromatic rings. The molecule has 0 saturated carbocycles. The second-order valence-corrected chi connectivity index (χ2v) is 25.3. The number of aliphatic hydroxyl groups is 7. The molecule has 1 amide bonds. The van der Waals surface area contributed by atoms with Gasteiger partial charge in [-0.15, -0.1) is 0 Å². The third-order valence-corrected chi connectivity index (χ3v) is 17.4. The summed E-state index contributed by atoms with van der Waals surface area (Å²) in [5.74, 6) is -0.706. The number of nitrogens with one attached hydrogen (secondary N) is 1. The van der Waals surface area contributed by atoms with Gasteiger partial charge in [0, 0.05) is 0 Å². The molecule has 1 saturated heterocycles. The Labute approximate surface area is 511 Å². The van der Waals surface area contributed by atoms with Gasteiger partial charge in [-0.05, 0) is 64.2 Å². The van der Waals surface area contributed by atoms with E-state index in [0.29, 0.717) is 19.3 Å². The van der Waals surface area contributed by atoms with Gasteiger partial charge < -0.3 is 50.5 Å². The number of aliphatic hydroxyl groups excluding tert-OH is 7. The lowest BCUT2D eigenvalue weighted by Crippen LogP contribution is -2.60. The van der Waals surface area contributed by atoms with Gasteiger partial charge in [-0.25, -0.2) is 0 Å². The Bertz CT molecular complexity index is 1440. The summed E-state index contributed by atoms with van der Waals surface area (Å²) in [6.07, 6.45) is 66.7. The zero-order valence-corrected chi connectivity index (χ0v) is 54.2. The molecule has 9 unspecified atom stereocenters. The maximum absolute atomic E-state index is 13.3. The van der Waals surface area contributed by atoms with Crippen LogP contribution in [0.4, 0.5) is 0 Å². The van der Waals surface area contributed by atoms with Crippen LogP contribution in [-0.4, -0.2) is 110 Å². The summed E-state index contributed by atoms with van der Waals surface area (Å²) in [4.78, 5) is 13.3. The molecule has 11 heteroatoms. The minimum atomic E-state index is -1.67. The number of unbranched alkanes of at least 4 members (excludes halogenated alkanes) is 45. The molecule has 1 heterocycles. The number of allylic oxidation sites excluding steroid dienone is 6. The Kier molecular flexibility index (Phi) is 57.9. The van der Waals surface area contributed by atoms with Gasteiger partial charge in [-0.2, -0.15) is 0 Å². The Hall–Kier alpha value is -1.67. The minimum absolute atomic E-state index is 0.243. The zero-order valence-electron chi connectivity index (χ0n) is 54.2. The highest BCUT2D eigenvalue weighted by atomic mass is 16.7. The van der Waals surface area contributed by atoms with Crippen LogP contribution in [0.5, 0.6) is 0 Å². The molecule has 0 spiro atoms. The smallest absolute Gasteiger partial charge is 0.249 e. The molecule has 0 aromatic heterocycles. The third-order valence-electron chi connectivity index (χ3n) is 17.4. The van der Waals surface area contributed by atoms with Crippen LogP contribution in [0.2, 0.25) is 0 Å². The number of rotatable bonds is 63. The lowest BCUT2D eigenvalue weighted by atomic mass is 9.98. The molecule has 490 valence electrons. The summed E-state index contributed by atoms with van der Waals surface area (Å²) in [6.45, 7) is 3.49. The van der Waals surface area contributed by atoms with Crippen LogP contribution in [0.25, 0.3) is 0 Å².